The molecule has 2 aromatic rings. The van der Waals surface area contributed by atoms with Crippen molar-refractivity contribution < 1.29 is 4.39 Å². The molecule has 0 unspecified atom stereocenters. The Morgan fingerprint density at radius 1 is 1.43 bits per heavy atom. The van der Waals surface area contributed by atoms with Crippen molar-refractivity contribution in [3.05, 3.63) is 53.9 Å². The van der Waals surface area contributed by atoms with Crippen LogP contribution in [0, 0.1) is 12.7 Å². The van der Waals surface area contributed by atoms with Crippen LogP contribution in [0.1, 0.15) is 11.4 Å². The Balaban J connectivity index is 2.23. The number of nitrogens with zero attached hydrogens (tertiary/aromatic N) is 2. The quantitative estimate of drug-likeness (QED) is 0.711. The predicted octanol–water partition coefficient (Wildman–Crippen LogP) is 2.38. The van der Waals surface area contributed by atoms with Crippen LogP contribution in [-0.4, -0.2) is 9.55 Å². The number of aryl methyl sites for hydroxylation is 1. The summed E-state index contributed by atoms with van der Waals surface area (Å²) in [6.45, 7) is 2.60. The van der Waals surface area contributed by atoms with Gasteiger partial charge in [0.25, 0.3) is 0 Å². The summed E-state index contributed by atoms with van der Waals surface area (Å²) in [5.41, 5.74) is 0.950. The molecule has 0 saturated heterocycles. The molecule has 3 heteroatoms. The fraction of sp³-hybridized carbons (Fsp3) is 0.182. The molecular weight excluding hydrogens is 179 g/mol. The molecule has 1 aromatic heterocycles. The van der Waals surface area contributed by atoms with Crippen LogP contribution >= 0.6 is 0 Å². The topological polar surface area (TPSA) is 17.8 Å². The van der Waals surface area contributed by atoms with E-state index in [9.17, 15) is 4.39 Å². The summed E-state index contributed by atoms with van der Waals surface area (Å²) in [6.07, 6.45) is 3.63. The maximum atomic E-state index is 12.9. The molecule has 72 valence electrons. The first-order valence-electron chi connectivity index (χ1n) is 4.48. The highest BCUT2D eigenvalue weighted by Crippen LogP contribution is 2.07. The van der Waals surface area contributed by atoms with E-state index in [1.165, 1.54) is 6.07 Å². The monoisotopic (exact) mass is 190 g/mol. The predicted molar refractivity (Wildman–Crippen MR) is 52.5 cm³/mol. The van der Waals surface area contributed by atoms with Crippen molar-refractivity contribution in [2.45, 2.75) is 13.5 Å². The Kier molecular flexibility index (Phi) is 2.31. The molecule has 0 bridgehead atoms. The van der Waals surface area contributed by atoms with Gasteiger partial charge in [-0.2, -0.15) is 0 Å². The smallest absolute Gasteiger partial charge is 0.123 e. The molecule has 1 aromatic carbocycles. The lowest BCUT2D eigenvalue weighted by Gasteiger charge is -2.04. The van der Waals surface area contributed by atoms with Gasteiger partial charge < -0.3 is 4.57 Å². The van der Waals surface area contributed by atoms with E-state index < -0.39 is 0 Å². The second-order valence-corrected chi connectivity index (χ2v) is 3.23. The Morgan fingerprint density at radius 2 is 2.29 bits per heavy atom. The summed E-state index contributed by atoms with van der Waals surface area (Å²) in [6, 6.07) is 6.61. The van der Waals surface area contributed by atoms with Gasteiger partial charge in [-0.1, -0.05) is 12.1 Å². The van der Waals surface area contributed by atoms with E-state index in [1.807, 2.05) is 23.8 Å². The summed E-state index contributed by atoms with van der Waals surface area (Å²) in [5.74, 6) is 0.745. The second kappa shape index (κ2) is 3.62. The maximum absolute atomic E-state index is 12.9. The van der Waals surface area contributed by atoms with Crippen molar-refractivity contribution in [3.8, 4) is 0 Å². The van der Waals surface area contributed by atoms with Gasteiger partial charge >= 0.3 is 0 Å². The van der Waals surface area contributed by atoms with E-state index in [1.54, 1.807) is 18.3 Å². The van der Waals surface area contributed by atoms with Crippen LogP contribution in [-0.2, 0) is 6.54 Å². The third-order valence-electron chi connectivity index (χ3n) is 2.17. The van der Waals surface area contributed by atoms with Crippen LogP contribution < -0.4 is 0 Å². The second-order valence-electron chi connectivity index (χ2n) is 3.23. The van der Waals surface area contributed by atoms with Crippen LogP contribution in [0.4, 0.5) is 4.39 Å². The molecule has 14 heavy (non-hydrogen) atoms. The van der Waals surface area contributed by atoms with Gasteiger partial charge in [-0.05, 0) is 24.6 Å². The molecule has 0 saturated carbocycles. The Bertz CT molecular complexity index is 434. The van der Waals surface area contributed by atoms with Gasteiger partial charge in [-0.15, -0.1) is 0 Å². The zero-order valence-electron chi connectivity index (χ0n) is 7.94. The number of rotatable bonds is 2. The van der Waals surface area contributed by atoms with E-state index in [-0.39, 0.29) is 5.82 Å². The highest BCUT2D eigenvalue weighted by atomic mass is 19.1. The van der Waals surface area contributed by atoms with Gasteiger partial charge in [0.2, 0.25) is 0 Å². The molecule has 0 aliphatic carbocycles. The Hall–Kier alpha value is -1.64. The molecule has 0 aliphatic heterocycles. The largest absolute Gasteiger partial charge is 0.331 e. The molecule has 0 radical (unpaired) electrons. The summed E-state index contributed by atoms with van der Waals surface area (Å²) in [7, 11) is 0. The number of benzene rings is 1. The lowest BCUT2D eigenvalue weighted by atomic mass is 10.2. The number of hydrogen-bond acceptors (Lipinski definition) is 1. The van der Waals surface area contributed by atoms with E-state index >= 15 is 0 Å². The van der Waals surface area contributed by atoms with Crippen LogP contribution in [0.15, 0.2) is 36.7 Å². The van der Waals surface area contributed by atoms with Crippen molar-refractivity contribution in [3.63, 3.8) is 0 Å². The lowest BCUT2D eigenvalue weighted by molar-refractivity contribution is 0.623. The molecule has 0 amide bonds. The SMILES string of the molecule is Cc1nccn1Cc1cccc(F)c1. The van der Waals surface area contributed by atoms with E-state index in [2.05, 4.69) is 4.98 Å². The minimum Gasteiger partial charge on any atom is -0.331 e. The van der Waals surface area contributed by atoms with Gasteiger partial charge in [0.1, 0.15) is 11.6 Å². The molecule has 0 fully saturated rings. The van der Waals surface area contributed by atoms with Crippen LogP contribution in [0.25, 0.3) is 0 Å². The standard InChI is InChI=1S/C11H11FN2/c1-9-13-5-6-14(9)8-10-3-2-4-11(12)7-10/h2-7H,8H2,1H3. The third-order valence-corrected chi connectivity index (χ3v) is 2.17. The van der Waals surface area contributed by atoms with Gasteiger partial charge in [-0.25, -0.2) is 9.37 Å². The summed E-state index contributed by atoms with van der Waals surface area (Å²) in [4.78, 5) is 4.10. The Morgan fingerprint density at radius 3 is 2.93 bits per heavy atom. The zero-order chi connectivity index (χ0) is 9.97. The van der Waals surface area contributed by atoms with Gasteiger partial charge in [-0.3, -0.25) is 0 Å². The van der Waals surface area contributed by atoms with E-state index in [4.69, 9.17) is 0 Å². The van der Waals surface area contributed by atoms with Crippen molar-refractivity contribution in [1.82, 2.24) is 9.55 Å². The van der Waals surface area contributed by atoms with Crippen LogP contribution in [0.2, 0.25) is 0 Å². The number of aromatic nitrogens is 2. The first-order valence-corrected chi connectivity index (χ1v) is 4.48. The van der Waals surface area contributed by atoms with E-state index in [0.29, 0.717) is 6.54 Å². The van der Waals surface area contributed by atoms with Crippen LogP contribution in [0.5, 0.6) is 0 Å². The summed E-state index contributed by atoms with van der Waals surface area (Å²) >= 11 is 0. The van der Waals surface area contributed by atoms with Crippen LogP contribution in [0.3, 0.4) is 0 Å². The Labute approximate surface area is 82.0 Å². The average Bonchev–Trinajstić information content (AvgIpc) is 2.52. The molecule has 1 heterocycles. The third kappa shape index (κ3) is 1.82. The molecule has 2 nitrogen and oxygen atoms in total. The fourth-order valence-electron chi connectivity index (χ4n) is 1.40. The van der Waals surface area contributed by atoms with Crippen molar-refractivity contribution in [2.24, 2.45) is 0 Å². The van der Waals surface area contributed by atoms with Crippen molar-refractivity contribution >= 4 is 0 Å². The number of halogens is 1. The van der Waals surface area contributed by atoms with Gasteiger partial charge in [0.05, 0.1) is 0 Å². The minimum atomic E-state index is -0.194. The van der Waals surface area contributed by atoms with Crippen molar-refractivity contribution in [2.75, 3.05) is 0 Å². The molecule has 0 aliphatic rings. The van der Waals surface area contributed by atoms with E-state index in [0.717, 1.165) is 11.4 Å². The normalized spacial score (nSPS) is 10.4. The first kappa shape index (κ1) is 8.94. The molecule has 2 rings (SSSR count). The zero-order valence-corrected chi connectivity index (χ0v) is 7.94. The maximum Gasteiger partial charge on any atom is 0.123 e. The first-order chi connectivity index (χ1) is 6.75. The lowest BCUT2D eigenvalue weighted by Crippen LogP contribution is -2.00. The molecule has 0 N–H and O–H groups in total. The highest BCUT2D eigenvalue weighted by molar-refractivity contribution is 5.17. The number of imidazole rings is 1. The molecular formula is C11H11FN2. The summed E-state index contributed by atoms with van der Waals surface area (Å²) < 4.78 is 14.9. The summed E-state index contributed by atoms with van der Waals surface area (Å²) in [5, 5.41) is 0. The fourth-order valence-corrected chi connectivity index (χ4v) is 1.40. The van der Waals surface area contributed by atoms with Crippen molar-refractivity contribution in [1.29, 1.82) is 0 Å². The minimum absolute atomic E-state index is 0.194. The number of hydrogen-bond donors (Lipinski definition) is 0. The highest BCUT2D eigenvalue weighted by Gasteiger charge is 1.99. The molecule has 0 spiro atoms. The van der Waals surface area contributed by atoms with Gasteiger partial charge in [0.15, 0.2) is 0 Å². The van der Waals surface area contributed by atoms with Gasteiger partial charge in [0, 0.05) is 18.9 Å². The average molecular weight is 190 g/mol. The molecule has 0 atom stereocenters.